The number of para-hydroxylation sites is 1. The molecule has 0 fully saturated rings. The molecule has 0 bridgehead atoms. The zero-order valence-corrected chi connectivity index (χ0v) is 17.6. The van der Waals surface area contributed by atoms with Crippen LogP contribution in [0.15, 0.2) is 36.4 Å². The van der Waals surface area contributed by atoms with Gasteiger partial charge < -0.3 is 10.1 Å². The lowest BCUT2D eigenvalue weighted by Gasteiger charge is -2.23. The first kappa shape index (κ1) is 21.9. The van der Waals surface area contributed by atoms with Gasteiger partial charge in [0, 0.05) is 34.3 Å². The first-order valence-electron chi connectivity index (χ1n) is 9.15. The number of alkyl halides is 3. The first-order chi connectivity index (χ1) is 14.0. The summed E-state index contributed by atoms with van der Waals surface area (Å²) < 4.78 is 46.2. The van der Waals surface area contributed by atoms with Crippen LogP contribution in [0.3, 0.4) is 0 Å². The Hall–Kier alpha value is -2.80. The number of ether oxygens (including phenoxy) is 1. The van der Waals surface area contributed by atoms with Crippen molar-refractivity contribution in [1.82, 2.24) is 10.3 Å². The number of hydrogen-bond donors (Lipinski definition) is 1. The van der Waals surface area contributed by atoms with Gasteiger partial charge in [-0.3, -0.25) is 4.98 Å². The van der Waals surface area contributed by atoms with E-state index < -0.39 is 18.4 Å². The number of carbonyl (C=O) groups is 1. The number of fused-ring (bicyclic) bond motifs is 1. The van der Waals surface area contributed by atoms with E-state index in [0.29, 0.717) is 21.8 Å². The minimum atomic E-state index is -4.80. The van der Waals surface area contributed by atoms with Crippen LogP contribution in [0.1, 0.15) is 28.5 Å². The fourth-order valence-corrected chi connectivity index (χ4v) is 3.96. The van der Waals surface area contributed by atoms with Crippen LogP contribution in [0.2, 0.25) is 5.02 Å². The summed E-state index contributed by atoms with van der Waals surface area (Å²) in [6, 6.07) is 9.92. The summed E-state index contributed by atoms with van der Waals surface area (Å²) in [5.41, 5.74) is 3.91. The van der Waals surface area contributed by atoms with Crippen LogP contribution in [0.4, 0.5) is 18.0 Å². The van der Waals surface area contributed by atoms with Crippen LogP contribution < -0.4 is 5.32 Å². The van der Waals surface area contributed by atoms with Gasteiger partial charge in [0.05, 0.1) is 5.52 Å². The van der Waals surface area contributed by atoms with Crippen LogP contribution >= 0.6 is 11.6 Å². The second kappa shape index (κ2) is 8.14. The van der Waals surface area contributed by atoms with Crippen LogP contribution in [-0.2, 0) is 4.74 Å². The molecule has 1 atom stereocenters. The zero-order valence-electron chi connectivity index (χ0n) is 16.8. The summed E-state index contributed by atoms with van der Waals surface area (Å²) in [7, 11) is 1.20. The van der Waals surface area contributed by atoms with Crippen molar-refractivity contribution in [2.75, 3.05) is 7.05 Å². The number of aryl methyl sites for hydroxylation is 3. The number of aromatic nitrogens is 1. The maximum atomic E-state index is 13.8. The average molecular weight is 437 g/mol. The molecule has 3 rings (SSSR count). The van der Waals surface area contributed by atoms with E-state index in [-0.39, 0.29) is 10.9 Å². The minimum Gasteiger partial charge on any atom is -0.432 e. The maximum Gasteiger partial charge on any atom is 0.429 e. The van der Waals surface area contributed by atoms with E-state index >= 15 is 0 Å². The van der Waals surface area contributed by atoms with E-state index in [1.165, 1.54) is 13.1 Å². The molecule has 158 valence electrons. The average Bonchev–Trinajstić information content (AvgIpc) is 2.64. The first-order valence-corrected chi connectivity index (χ1v) is 9.53. The molecule has 0 radical (unpaired) electrons. The Balaban J connectivity index is 2.33. The summed E-state index contributed by atoms with van der Waals surface area (Å²) in [5.74, 6) is 0. The Bertz CT molecular complexity index is 1110. The van der Waals surface area contributed by atoms with E-state index in [0.717, 1.165) is 16.7 Å². The molecule has 0 aliphatic heterocycles. The third-order valence-electron chi connectivity index (χ3n) is 4.78. The normalized spacial score (nSPS) is 12.7. The highest BCUT2D eigenvalue weighted by Crippen LogP contribution is 2.41. The summed E-state index contributed by atoms with van der Waals surface area (Å²) in [5, 5.41) is 2.91. The Morgan fingerprint density at radius 3 is 2.33 bits per heavy atom. The molecule has 0 aliphatic carbocycles. The molecular formula is C22H20ClF3N2O2. The van der Waals surface area contributed by atoms with Crippen molar-refractivity contribution in [3.63, 3.8) is 0 Å². The molecule has 0 saturated carbocycles. The lowest BCUT2D eigenvalue weighted by atomic mass is 9.92. The molecule has 1 N–H and O–H groups in total. The molecule has 4 nitrogen and oxygen atoms in total. The molecule has 8 heteroatoms. The van der Waals surface area contributed by atoms with Gasteiger partial charge in [-0.05, 0) is 55.7 Å². The second-order valence-corrected chi connectivity index (χ2v) is 7.48. The molecule has 0 spiro atoms. The highest BCUT2D eigenvalue weighted by molar-refractivity contribution is 6.30. The van der Waals surface area contributed by atoms with E-state index in [1.54, 1.807) is 31.2 Å². The third-order valence-corrected chi connectivity index (χ3v) is 4.99. The number of carbonyl (C=O) groups excluding carboxylic acids is 1. The molecule has 1 unspecified atom stereocenters. The van der Waals surface area contributed by atoms with E-state index in [9.17, 15) is 18.0 Å². The molecule has 3 aromatic rings. The molecule has 1 heterocycles. The van der Waals surface area contributed by atoms with E-state index in [2.05, 4.69) is 10.3 Å². The Labute approximate surface area is 177 Å². The smallest absolute Gasteiger partial charge is 0.429 e. The highest BCUT2D eigenvalue weighted by Gasteiger charge is 2.45. The molecule has 1 amide bonds. The molecular weight excluding hydrogens is 417 g/mol. The molecule has 1 aromatic heterocycles. The monoisotopic (exact) mass is 436 g/mol. The van der Waals surface area contributed by atoms with Crippen molar-refractivity contribution in [2.24, 2.45) is 0 Å². The van der Waals surface area contributed by atoms with Gasteiger partial charge >= 0.3 is 12.3 Å². The van der Waals surface area contributed by atoms with Crippen LogP contribution in [-0.4, -0.2) is 24.3 Å². The van der Waals surface area contributed by atoms with E-state index in [1.807, 2.05) is 19.9 Å². The van der Waals surface area contributed by atoms with Gasteiger partial charge in [0.25, 0.3) is 0 Å². The number of halogens is 4. The van der Waals surface area contributed by atoms with Crippen LogP contribution in [0.5, 0.6) is 0 Å². The van der Waals surface area contributed by atoms with Crippen molar-refractivity contribution in [2.45, 2.75) is 33.1 Å². The number of amides is 1. The van der Waals surface area contributed by atoms with Gasteiger partial charge in [-0.15, -0.1) is 0 Å². The number of rotatable bonds is 3. The van der Waals surface area contributed by atoms with Crippen molar-refractivity contribution in [3.8, 4) is 11.1 Å². The maximum absolute atomic E-state index is 13.8. The largest absolute Gasteiger partial charge is 0.432 e. The van der Waals surface area contributed by atoms with Gasteiger partial charge in [-0.25, -0.2) is 4.79 Å². The van der Waals surface area contributed by atoms with Crippen molar-refractivity contribution in [1.29, 1.82) is 0 Å². The van der Waals surface area contributed by atoms with E-state index in [4.69, 9.17) is 16.3 Å². The lowest BCUT2D eigenvalue weighted by Crippen LogP contribution is -2.30. The van der Waals surface area contributed by atoms with Crippen molar-refractivity contribution in [3.05, 3.63) is 63.8 Å². The summed E-state index contributed by atoms with van der Waals surface area (Å²) in [6.45, 7) is 5.38. The predicted molar refractivity (Wildman–Crippen MR) is 111 cm³/mol. The Morgan fingerprint density at radius 2 is 1.77 bits per heavy atom. The van der Waals surface area contributed by atoms with Gasteiger partial charge in [0.15, 0.2) is 0 Å². The molecule has 30 heavy (non-hydrogen) atoms. The number of nitrogens with zero attached hydrogens (tertiary/aromatic N) is 1. The predicted octanol–water partition coefficient (Wildman–Crippen LogP) is 6.44. The van der Waals surface area contributed by atoms with Crippen molar-refractivity contribution >= 4 is 28.6 Å². The lowest BCUT2D eigenvalue weighted by molar-refractivity contribution is -0.206. The molecule has 0 saturated heterocycles. The number of alkyl carbamates (subject to hydrolysis) is 1. The van der Waals surface area contributed by atoms with Gasteiger partial charge in [0.2, 0.25) is 6.10 Å². The van der Waals surface area contributed by atoms with Crippen LogP contribution in [0.25, 0.3) is 22.0 Å². The van der Waals surface area contributed by atoms with Gasteiger partial charge in [0.1, 0.15) is 0 Å². The minimum absolute atomic E-state index is 0.167. The number of pyridine rings is 1. The summed E-state index contributed by atoms with van der Waals surface area (Å²) in [6.07, 6.45) is -8.39. The summed E-state index contributed by atoms with van der Waals surface area (Å²) >= 11 is 6.14. The quantitative estimate of drug-likeness (QED) is 0.514. The van der Waals surface area contributed by atoms with Crippen LogP contribution in [0, 0.1) is 20.8 Å². The number of benzene rings is 2. The topological polar surface area (TPSA) is 51.2 Å². The zero-order chi connectivity index (χ0) is 22.2. The Morgan fingerprint density at radius 1 is 1.13 bits per heavy atom. The van der Waals surface area contributed by atoms with Gasteiger partial charge in [-0.2, -0.15) is 13.2 Å². The highest BCUT2D eigenvalue weighted by atomic mass is 35.5. The fraction of sp³-hybridized carbons (Fsp3) is 0.273. The second-order valence-electron chi connectivity index (χ2n) is 7.05. The fourth-order valence-electron chi connectivity index (χ4n) is 3.64. The SMILES string of the molecule is CNC(=O)OC(c1cc(C)nc2c(-c3c(C)cc(Cl)cc3C)cccc12)C(F)(F)F. The molecule has 2 aromatic carbocycles. The Kier molecular flexibility index (Phi) is 5.94. The van der Waals surface area contributed by atoms with Crippen molar-refractivity contribution < 1.29 is 22.7 Å². The van der Waals surface area contributed by atoms with Gasteiger partial charge in [-0.1, -0.05) is 29.8 Å². The standard InChI is InChI=1S/C22H20ClF3N2O2/c1-11-8-14(23)9-12(2)18(11)16-7-5-6-15-17(10-13(3)28-19(15)16)20(22(24,25)26)30-21(29)27-4/h5-10,20H,1-4H3,(H,27,29). The molecule has 0 aliphatic rings. The third kappa shape index (κ3) is 4.21. The number of hydrogen-bond acceptors (Lipinski definition) is 3. The number of nitrogens with one attached hydrogen (secondary N) is 1. The summed E-state index contributed by atoms with van der Waals surface area (Å²) in [4.78, 5) is 16.1.